The number of nitrogens with zero attached hydrogens (tertiary/aromatic N) is 3. The van der Waals surface area contributed by atoms with Gasteiger partial charge < -0.3 is 48.6 Å². The lowest BCUT2D eigenvalue weighted by atomic mass is 9.47. The van der Waals surface area contributed by atoms with E-state index in [2.05, 4.69) is 45.2 Å². The van der Waals surface area contributed by atoms with Crippen molar-refractivity contribution in [3.8, 4) is 5.75 Å². The molecule has 3 N–H and O–H groups in total. The number of para-hydroxylation sites is 1. The van der Waals surface area contributed by atoms with Crippen LogP contribution in [0.5, 0.6) is 5.75 Å². The predicted octanol–water partition coefficient (Wildman–Crippen LogP) is 5.02. The Morgan fingerprint density at radius 3 is 2.44 bits per heavy atom. The van der Waals surface area contributed by atoms with E-state index >= 15 is 4.79 Å². The molecular weight excluding hydrogens is 843 g/mol. The van der Waals surface area contributed by atoms with Gasteiger partial charge in [-0.3, -0.25) is 19.3 Å². The third-order valence-electron chi connectivity index (χ3n) is 16.8. The Labute approximate surface area is 384 Å². The first-order valence-electron chi connectivity index (χ1n) is 23.3. The third-order valence-corrected chi connectivity index (χ3v) is 16.8. The van der Waals surface area contributed by atoms with E-state index in [0.29, 0.717) is 82.6 Å². The van der Waals surface area contributed by atoms with E-state index in [0.717, 1.165) is 33.4 Å². The fraction of sp³-hybridized carbons (Fsp3) is 0.529. The normalized spacial score (nSPS) is 34.2. The fourth-order valence-electron chi connectivity index (χ4n) is 14.4. The number of carbonyl (C=O) groups excluding carboxylic acids is 4. The van der Waals surface area contributed by atoms with Crippen LogP contribution in [0, 0.1) is 11.3 Å². The maximum Gasteiger partial charge on any atom is 0.344 e. The summed E-state index contributed by atoms with van der Waals surface area (Å²) in [4.78, 5) is 67.6. The highest BCUT2D eigenvalue weighted by Crippen LogP contribution is 2.68. The van der Waals surface area contributed by atoms with Gasteiger partial charge in [-0.1, -0.05) is 44.2 Å². The molecule has 7 heterocycles. The van der Waals surface area contributed by atoms with Crippen molar-refractivity contribution >= 4 is 40.4 Å². The number of amides is 1. The Kier molecular flexibility index (Phi) is 10.5. The van der Waals surface area contributed by atoms with E-state index in [1.807, 2.05) is 49.2 Å². The van der Waals surface area contributed by atoms with Crippen LogP contribution in [0.1, 0.15) is 85.8 Å². The van der Waals surface area contributed by atoms with Gasteiger partial charge in [0.2, 0.25) is 5.60 Å². The van der Waals surface area contributed by atoms with Crippen LogP contribution >= 0.6 is 0 Å². The average Bonchev–Trinajstić information content (AvgIpc) is 4.13. The number of aliphatic hydroxyl groups is 1. The van der Waals surface area contributed by atoms with Gasteiger partial charge in [0.1, 0.15) is 11.2 Å². The van der Waals surface area contributed by atoms with Crippen molar-refractivity contribution in [1.82, 2.24) is 20.1 Å². The van der Waals surface area contributed by atoms with Gasteiger partial charge in [-0.15, -0.1) is 0 Å². The molecule has 1 amide bonds. The van der Waals surface area contributed by atoms with E-state index in [1.54, 1.807) is 19.2 Å². The maximum absolute atomic E-state index is 15.6. The second-order valence-corrected chi connectivity index (χ2v) is 19.7. The lowest BCUT2D eigenvalue weighted by Gasteiger charge is -2.63. The van der Waals surface area contributed by atoms with Crippen LogP contribution in [0.2, 0.25) is 0 Å². The Morgan fingerprint density at radius 2 is 1.74 bits per heavy atom. The molecule has 10 atom stereocenters. The van der Waals surface area contributed by atoms with Crippen molar-refractivity contribution in [3.63, 3.8) is 0 Å². The quantitative estimate of drug-likeness (QED) is 0.116. The first kappa shape index (κ1) is 44.2. The second kappa shape index (κ2) is 15.7. The number of benzene rings is 2. The van der Waals surface area contributed by atoms with Crippen LogP contribution in [0.25, 0.3) is 10.9 Å². The molecule has 15 heteroatoms. The molecular formula is C51H61N5O10. The molecule has 0 radical (unpaired) electrons. The summed E-state index contributed by atoms with van der Waals surface area (Å²) < 4.78 is 29.7. The predicted molar refractivity (Wildman–Crippen MR) is 244 cm³/mol. The van der Waals surface area contributed by atoms with Crippen molar-refractivity contribution in [2.24, 2.45) is 11.3 Å². The largest absolute Gasteiger partial charge is 0.496 e. The summed E-state index contributed by atoms with van der Waals surface area (Å²) in [5, 5.41) is 17.8. The number of aromatic nitrogens is 1. The van der Waals surface area contributed by atoms with E-state index in [1.165, 1.54) is 27.4 Å². The van der Waals surface area contributed by atoms with Crippen LogP contribution in [0.15, 0.2) is 71.4 Å². The molecule has 10 rings (SSSR count). The number of H-pyrrole nitrogens is 1. The molecule has 6 aliphatic rings. The number of carbonyl (C=O) groups is 4. The number of ether oxygens (including phenoxy) is 4. The number of anilines is 1. The minimum Gasteiger partial charge on any atom is -0.496 e. The number of piperidine rings is 1. The van der Waals surface area contributed by atoms with Crippen molar-refractivity contribution < 1.29 is 47.6 Å². The summed E-state index contributed by atoms with van der Waals surface area (Å²) in [6.07, 6.45) is 7.42. The summed E-state index contributed by atoms with van der Waals surface area (Å²) in [5.74, 6) is -1.72. The van der Waals surface area contributed by atoms with Crippen LogP contribution in [-0.2, 0) is 45.8 Å². The Balaban J connectivity index is 1.23. The van der Waals surface area contributed by atoms with Crippen molar-refractivity contribution in [2.75, 3.05) is 66.0 Å². The molecule has 350 valence electrons. The summed E-state index contributed by atoms with van der Waals surface area (Å²) in [6, 6.07) is 14.2. The standard InChI is InChI=1S/C51H61N5O10/c1-8-47(53-41(58)38-16-12-23-65-38)26-31-27-50(45(59)63-6,40-33(17-21-55(28-31)29-47)32-14-10-11-15-36(32)52-40)35-24-34-37(25-39(35)62-5)54(4)43-49(34)19-22-56-20-13-18-48(9-2,42(49)56)44(66-30(3)57)51(43,61)46(60)64-7/h10-16,18,23-25,31,42-44,52,61H,8-9,17,19-22,26-29H2,1-7H3,(H,53,58)/t31-,42+,43-,44-,47+,48-,49-,50+,51+/m1/s1. The van der Waals surface area contributed by atoms with Gasteiger partial charge in [0, 0.05) is 90.9 Å². The molecule has 1 aliphatic carbocycles. The molecule has 1 spiro atoms. The molecule has 2 aromatic carbocycles. The smallest absolute Gasteiger partial charge is 0.344 e. The number of likely N-dealkylation sites (N-methyl/N-ethyl adjacent to an activating group) is 1. The number of nitrogens with one attached hydrogen (secondary N) is 2. The van der Waals surface area contributed by atoms with Gasteiger partial charge in [-0.25, -0.2) is 4.79 Å². The van der Waals surface area contributed by atoms with Gasteiger partial charge in [0.05, 0.1) is 39.2 Å². The first-order chi connectivity index (χ1) is 31.7. The lowest BCUT2D eigenvalue weighted by Crippen LogP contribution is -2.81. The first-order valence-corrected chi connectivity index (χ1v) is 23.3. The average molecular weight is 904 g/mol. The minimum absolute atomic E-state index is 0.139. The number of rotatable bonds is 9. The van der Waals surface area contributed by atoms with Gasteiger partial charge in [-0.2, -0.15) is 0 Å². The molecule has 2 saturated heterocycles. The summed E-state index contributed by atoms with van der Waals surface area (Å²) in [5.41, 5.74) is -1.62. The topological polar surface area (TPSA) is 176 Å². The van der Waals surface area contributed by atoms with E-state index in [9.17, 15) is 19.5 Å². The van der Waals surface area contributed by atoms with Crippen LogP contribution in [0.3, 0.4) is 0 Å². The molecule has 2 aromatic heterocycles. The van der Waals surface area contributed by atoms with Crippen molar-refractivity contribution in [3.05, 3.63) is 95.1 Å². The number of hydrogen-bond donors (Lipinski definition) is 3. The minimum atomic E-state index is -2.33. The molecule has 4 aromatic rings. The summed E-state index contributed by atoms with van der Waals surface area (Å²) >= 11 is 0. The highest BCUT2D eigenvalue weighted by atomic mass is 16.6. The van der Waals surface area contributed by atoms with Crippen LogP contribution in [0.4, 0.5) is 5.69 Å². The second-order valence-electron chi connectivity index (χ2n) is 19.7. The molecule has 1 unspecified atom stereocenters. The Bertz CT molecular complexity index is 2640. The molecule has 5 aliphatic heterocycles. The van der Waals surface area contributed by atoms with E-state index in [4.69, 9.17) is 23.4 Å². The number of furan rings is 1. The van der Waals surface area contributed by atoms with Crippen LogP contribution in [-0.4, -0.2) is 134 Å². The Morgan fingerprint density at radius 1 is 0.955 bits per heavy atom. The van der Waals surface area contributed by atoms with Crippen molar-refractivity contribution in [1.29, 1.82) is 0 Å². The number of methoxy groups -OCH3 is 3. The fourth-order valence-corrected chi connectivity index (χ4v) is 14.4. The molecule has 3 fully saturated rings. The Hall–Kier alpha value is -5.64. The maximum atomic E-state index is 15.6. The van der Waals surface area contributed by atoms with Crippen molar-refractivity contribution in [2.45, 2.75) is 99.5 Å². The molecule has 15 nitrogen and oxygen atoms in total. The highest BCUT2D eigenvalue weighted by Gasteiger charge is 2.80. The lowest BCUT2D eigenvalue weighted by molar-refractivity contribution is -0.228. The number of esters is 3. The monoisotopic (exact) mass is 903 g/mol. The third kappa shape index (κ3) is 5.90. The molecule has 66 heavy (non-hydrogen) atoms. The van der Waals surface area contributed by atoms with Gasteiger partial charge in [0.25, 0.3) is 5.91 Å². The molecule has 1 saturated carbocycles. The van der Waals surface area contributed by atoms with Gasteiger partial charge in [0.15, 0.2) is 11.9 Å². The summed E-state index contributed by atoms with van der Waals surface area (Å²) in [7, 11) is 6.14. The zero-order valence-corrected chi connectivity index (χ0v) is 38.9. The van der Waals surface area contributed by atoms with Crippen LogP contribution < -0.4 is 15.0 Å². The zero-order valence-electron chi connectivity index (χ0n) is 38.9. The van der Waals surface area contributed by atoms with E-state index in [-0.39, 0.29) is 23.6 Å². The number of aromatic amines is 1. The highest BCUT2D eigenvalue weighted by molar-refractivity contribution is 5.95. The number of hydrogen-bond acceptors (Lipinski definition) is 13. The molecule has 2 bridgehead atoms. The zero-order chi connectivity index (χ0) is 46.6. The SMILES string of the molecule is CC[C@]1(NC(=O)c2ccco2)C[C@H]2CN(CCc3c([nH]c4ccccc34)[C@@](C(=O)OC)(c3cc4c(cc3OC)N(C)[C@H]3[C@@](O)(C(=O)OC)[C@H](OC(C)=O)[C@]5(CC)C=CCN6CC[C@]43[C@@H]65)C2)C1. The summed E-state index contributed by atoms with van der Waals surface area (Å²) in [6.45, 7) is 8.65. The van der Waals surface area contributed by atoms with Gasteiger partial charge in [-0.05, 0) is 86.4 Å². The van der Waals surface area contributed by atoms with E-state index < -0.39 is 57.4 Å². The van der Waals surface area contributed by atoms with Gasteiger partial charge >= 0.3 is 17.9 Å². The number of fused-ring (bicyclic) bond motifs is 6.